The van der Waals surface area contributed by atoms with Crippen LogP contribution in [0.3, 0.4) is 0 Å². The van der Waals surface area contributed by atoms with Gasteiger partial charge in [-0.1, -0.05) is 13.0 Å². The highest BCUT2D eigenvalue weighted by Crippen LogP contribution is 2.60. The predicted octanol–water partition coefficient (Wildman–Crippen LogP) is 5.26. The largest absolute Gasteiger partial charge is 0.503 e. The van der Waals surface area contributed by atoms with Crippen molar-refractivity contribution in [3.8, 4) is 11.5 Å². The van der Waals surface area contributed by atoms with Crippen LogP contribution in [0.1, 0.15) is 68.4 Å². The van der Waals surface area contributed by atoms with Crippen molar-refractivity contribution in [2.24, 2.45) is 5.92 Å². The molecule has 1 fully saturated rings. The molecule has 4 atom stereocenters. The van der Waals surface area contributed by atoms with Crippen molar-refractivity contribution in [1.29, 1.82) is 0 Å². The molecule has 0 spiro atoms. The van der Waals surface area contributed by atoms with Crippen LogP contribution in [0.2, 0.25) is 0 Å². The first kappa shape index (κ1) is 29.2. The van der Waals surface area contributed by atoms with Gasteiger partial charge in [0.2, 0.25) is 11.2 Å². The van der Waals surface area contributed by atoms with Gasteiger partial charge in [0.15, 0.2) is 22.9 Å². The number of nitrogens with zero attached hydrogens (tertiary/aromatic N) is 1. The molecule has 1 aromatic carbocycles. The van der Waals surface area contributed by atoms with Gasteiger partial charge >= 0.3 is 6.18 Å². The topological polar surface area (TPSA) is 114 Å². The molecule has 0 unspecified atom stereocenters. The number of nitrogens with one attached hydrogen (secondary N) is 2. The van der Waals surface area contributed by atoms with E-state index in [9.17, 15) is 36.6 Å². The van der Waals surface area contributed by atoms with E-state index in [-0.39, 0.29) is 22.2 Å². The van der Waals surface area contributed by atoms with Crippen molar-refractivity contribution in [3.63, 3.8) is 0 Å². The summed E-state index contributed by atoms with van der Waals surface area (Å²) in [4.78, 5) is 33.0. The Morgan fingerprint density at radius 1 is 1.20 bits per heavy atom. The van der Waals surface area contributed by atoms with Crippen molar-refractivity contribution < 1.29 is 41.3 Å². The van der Waals surface area contributed by atoms with Gasteiger partial charge in [0.25, 0.3) is 5.91 Å². The van der Waals surface area contributed by atoms with Gasteiger partial charge in [0.1, 0.15) is 11.8 Å². The van der Waals surface area contributed by atoms with Crippen molar-refractivity contribution in [2.45, 2.75) is 64.0 Å². The maximum atomic E-state index is 14.7. The number of methoxy groups -OCH3 is 1. The molecule has 3 heterocycles. The Labute approximate surface area is 225 Å². The van der Waals surface area contributed by atoms with E-state index in [0.29, 0.717) is 0 Å². The predicted molar refractivity (Wildman–Crippen MR) is 134 cm³/mol. The van der Waals surface area contributed by atoms with E-state index in [1.54, 1.807) is 20.8 Å². The second kappa shape index (κ2) is 9.72. The van der Waals surface area contributed by atoms with Crippen molar-refractivity contribution in [1.82, 2.24) is 15.3 Å². The number of rotatable bonds is 4. The number of pyridine rings is 2. The molecule has 3 aromatic rings. The highest BCUT2D eigenvalue weighted by Gasteiger charge is 2.65. The zero-order valence-electron chi connectivity index (χ0n) is 22.5. The first-order valence-corrected chi connectivity index (χ1v) is 12.3. The third-order valence-electron chi connectivity index (χ3n) is 7.22. The fourth-order valence-corrected chi connectivity index (χ4v) is 5.08. The molecule has 0 aliphatic carbocycles. The number of benzene rings is 1. The number of H-pyrrole nitrogens is 1. The molecule has 0 bridgehead atoms. The molecule has 1 amide bonds. The number of carbonyl (C=O) groups excluding carboxylic acids is 1. The lowest BCUT2D eigenvalue weighted by atomic mass is 9.76. The molecular weight excluding hydrogens is 541 g/mol. The van der Waals surface area contributed by atoms with Gasteiger partial charge in [-0.25, -0.2) is 4.39 Å². The Hall–Kier alpha value is -3.74. The highest BCUT2D eigenvalue weighted by atomic mass is 19.4. The van der Waals surface area contributed by atoms with Crippen LogP contribution in [0.15, 0.2) is 29.2 Å². The minimum atomic E-state index is -4.93. The molecular formula is C27H28F5N3O5. The molecule has 3 N–H and O–H groups in total. The van der Waals surface area contributed by atoms with E-state index in [4.69, 9.17) is 9.47 Å². The van der Waals surface area contributed by atoms with Crippen LogP contribution in [0.25, 0.3) is 10.9 Å². The van der Waals surface area contributed by atoms with E-state index in [1.165, 1.54) is 19.2 Å². The summed E-state index contributed by atoms with van der Waals surface area (Å²) in [7, 11) is 1.03. The van der Waals surface area contributed by atoms with Gasteiger partial charge in [0, 0.05) is 29.1 Å². The van der Waals surface area contributed by atoms with Gasteiger partial charge in [-0.2, -0.15) is 17.6 Å². The van der Waals surface area contributed by atoms with E-state index in [0.717, 1.165) is 26.2 Å². The maximum absolute atomic E-state index is 14.7. The summed E-state index contributed by atoms with van der Waals surface area (Å²) in [6, 6.07) is 3.13. The second-order valence-electron chi connectivity index (χ2n) is 10.9. The summed E-state index contributed by atoms with van der Waals surface area (Å²) in [5, 5.41) is 13.4. The van der Waals surface area contributed by atoms with Crippen LogP contribution in [-0.4, -0.2) is 45.4 Å². The van der Waals surface area contributed by atoms with Crippen LogP contribution in [0.5, 0.6) is 11.5 Å². The van der Waals surface area contributed by atoms with Crippen LogP contribution in [-0.2, 0) is 4.74 Å². The maximum Gasteiger partial charge on any atom is 0.417 e. The van der Waals surface area contributed by atoms with Gasteiger partial charge in [-0.3, -0.25) is 14.6 Å². The quantitative estimate of drug-likeness (QED) is 0.370. The average molecular weight is 570 g/mol. The zero-order valence-corrected chi connectivity index (χ0v) is 22.5. The van der Waals surface area contributed by atoms with E-state index < -0.39 is 75.4 Å². The van der Waals surface area contributed by atoms with Crippen LogP contribution in [0, 0.1) is 17.6 Å². The number of carbonyl (C=O) groups is 1. The Morgan fingerprint density at radius 3 is 2.42 bits per heavy atom. The standard InChI is InChI=1S/C27H28F5N3O5/c1-11-15(12-7-8-13(28)17(29)22(12)39-6)23(40-26(11,5)27(30,31)32)19-21(37)20(36)16-14(34-19)9-10-33-18(16)24(38)35-25(2,3)4/h7-11,15,23,37H,1-6H3,(H,34,36)(H,35,38)/t11-,15-,23+,26+/m0/s1. The molecule has 0 saturated carbocycles. The number of aromatic hydroxyl groups is 1. The molecule has 216 valence electrons. The molecule has 1 saturated heterocycles. The molecule has 4 rings (SSSR count). The van der Waals surface area contributed by atoms with Gasteiger partial charge in [-0.05, 0) is 39.8 Å². The fourth-order valence-electron chi connectivity index (χ4n) is 5.08. The lowest BCUT2D eigenvalue weighted by Crippen LogP contribution is -2.46. The Morgan fingerprint density at radius 2 is 1.85 bits per heavy atom. The SMILES string of the molecule is COc1c([C@H]2[C@H](c3[nH]c4ccnc(C(=O)NC(C)(C)C)c4c(=O)c3O)O[C@@](C)(C(F)(F)F)[C@H]2C)ccc(F)c1F. The summed E-state index contributed by atoms with van der Waals surface area (Å²) >= 11 is 0. The van der Waals surface area contributed by atoms with Gasteiger partial charge in [0.05, 0.1) is 23.7 Å². The zero-order chi connectivity index (χ0) is 29.9. The second-order valence-corrected chi connectivity index (χ2v) is 10.9. The van der Waals surface area contributed by atoms with Crippen molar-refractivity contribution in [2.75, 3.05) is 7.11 Å². The number of ether oxygens (including phenoxy) is 2. The van der Waals surface area contributed by atoms with E-state index in [1.807, 2.05) is 0 Å². The number of fused-ring (bicyclic) bond motifs is 1. The number of aromatic amines is 1. The minimum Gasteiger partial charge on any atom is -0.503 e. The Kier molecular flexibility index (Phi) is 7.11. The normalized spacial score (nSPS) is 23.4. The molecule has 1 aliphatic heterocycles. The minimum absolute atomic E-state index is 0.0141. The van der Waals surface area contributed by atoms with Gasteiger partial charge in [-0.15, -0.1) is 0 Å². The summed E-state index contributed by atoms with van der Waals surface area (Å²) in [6.07, 6.45) is -5.41. The van der Waals surface area contributed by atoms with Crippen molar-refractivity contribution in [3.05, 3.63) is 63.2 Å². The Balaban J connectivity index is 1.98. The Bertz CT molecular complexity index is 1550. The molecule has 40 heavy (non-hydrogen) atoms. The van der Waals surface area contributed by atoms with E-state index >= 15 is 0 Å². The lowest BCUT2D eigenvalue weighted by Gasteiger charge is -2.32. The summed E-state index contributed by atoms with van der Waals surface area (Å²) < 4.78 is 82.2. The number of hydrogen-bond donors (Lipinski definition) is 3. The lowest BCUT2D eigenvalue weighted by molar-refractivity contribution is -0.275. The molecule has 2 aromatic heterocycles. The van der Waals surface area contributed by atoms with Crippen LogP contribution < -0.4 is 15.5 Å². The van der Waals surface area contributed by atoms with E-state index in [2.05, 4.69) is 15.3 Å². The van der Waals surface area contributed by atoms with Crippen LogP contribution >= 0.6 is 0 Å². The molecule has 1 aliphatic rings. The number of aromatic nitrogens is 2. The average Bonchev–Trinajstić information content (AvgIpc) is 3.12. The monoisotopic (exact) mass is 569 g/mol. The third kappa shape index (κ3) is 4.65. The summed E-state index contributed by atoms with van der Waals surface area (Å²) in [5.41, 5.74) is -5.53. The highest BCUT2D eigenvalue weighted by molar-refractivity contribution is 6.04. The van der Waals surface area contributed by atoms with Crippen LogP contribution in [0.4, 0.5) is 22.0 Å². The summed E-state index contributed by atoms with van der Waals surface area (Å²) in [5.74, 6) is -7.86. The molecule has 0 radical (unpaired) electrons. The molecule has 13 heteroatoms. The summed E-state index contributed by atoms with van der Waals surface area (Å²) in [6.45, 7) is 7.14. The fraction of sp³-hybridized carbons (Fsp3) is 0.444. The number of hydrogen-bond acceptors (Lipinski definition) is 6. The molecule has 8 nitrogen and oxygen atoms in total. The number of alkyl halides is 3. The number of halogens is 5. The first-order chi connectivity index (χ1) is 18.4. The third-order valence-corrected chi connectivity index (χ3v) is 7.22. The van der Waals surface area contributed by atoms with Gasteiger partial charge < -0.3 is 24.9 Å². The van der Waals surface area contributed by atoms with Crippen molar-refractivity contribution >= 4 is 16.8 Å². The smallest absolute Gasteiger partial charge is 0.417 e. The first-order valence-electron chi connectivity index (χ1n) is 12.3. The number of amides is 1.